The maximum atomic E-state index is 12.4. The number of rotatable bonds is 5. The number of aryl methyl sites for hydroxylation is 1. The second kappa shape index (κ2) is 6.51. The van der Waals surface area contributed by atoms with Gasteiger partial charge in [-0.3, -0.25) is 4.79 Å². The lowest BCUT2D eigenvalue weighted by atomic mass is 10.1. The van der Waals surface area contributed by atoms with Crippen LogP contribution < -0.4 is 4.74 Å². The van der Waals surface area contributed by atoms with E-state index in [2.05, 4.69) is 0 Å². The smallest absolute Gasteiger partial charge is 0.416 e. The van der Waals surface area contributed by atoms with Crippen molar-refractivity contribution in [3.05, 3.63) is 59.7 Å². The first-order valence-electron chi connectivity index (χ1n) is 6.50. The van der Waals surface area contributed by atoms with Crippen molar-refractivity contribution in [3.8, 4) is 11.5 Å². The van der Waals surface area contributed by atoms with E-state index in [4.69, 9.17) is 9.84 Å². The van der Waals surface area contributed by atoms with Gasteiger partial charge in [0, 0.05) is 6.42 Å². The SMILES string of the molecule is O=C(O)CCc1ccc(Oc2ccc(C(F)(F)F)cc2)cc1. The zero-order valence-corrected chi connectivity index (χ0v) is 11.4. The third kappa shape index (κ3) is 4.51. The van der Waals surface area contributed by atoms with Gasteiger partial charge < -0.3 is 9.84 Å². The molecule has 0 aliphatic heterocycles. The number of ether oxygens (including phenoxy) is 1. The van der Waals surface area contributed by atoms with Gasteiger partial charge >= 0.3 is 12.1 Å². The second-order valence-corrected chi connectivity index (χ2v) is 4.66. The quantitative estimate of drug-likeness (QED) is 0.883. The highest BCUT2D eigenvalue weighted by atomic mass is 19.4. The molecule has 2 aromatic rings. The van der Waals surface area contributed by atoms with Gasteiger partial charge in [-0.15, -0.1) is 0 Å². The molecule has 0 aliphatic rings. The summed E-state index contributed by atoms with van der Waals surface area (Å²) in [7, 11) is 0. The van der Waals surface area contributed by atoms with Crippen molar-refractivity contribution < 1.29 is 27.8 Å². The van der Waals surface area contributed by atoms with Crippen molar-refractivity contribution in [1.29, 1.82) is 0 Å². The Morgan fingerprint density at radius 2 is 1.45 bits per heavy atom. The van der Waals surface area contributed by atoms with Crippen molar-refractivity contribution in [2.75, 3.05) is 0 Å². The topological polar surface area (TPSA) is 46.5 Å². The summed E-state index contributed by atoms with van der Waals surface area (Å²) >= 11 is 0. The molecule has 0 heterocycles. The molecule has 0 fully saturated rings. The van der Waals surface area contributed by atoms with Crippen molar-refractivity contribution in [1.82, 2.24) is 0 Å². The monoisotopic (exact) mass is 310 g/mol. The summed E-state index contributed by atoms with van der Waals surface area (Å²) in [4.78, 5) is 10.5. The Morgan fingerprint density at radius 3 is 1.91 bits per heavy atom. The van der Waals surface area contributed by atoms with Gasteiger partial charge in [-0.25, -0.2) is 0 Å². The number of benzene rings is 2. The Hall–Kier alpha value is -2.50. The van der Waals surface area contributed by atoms with E-state index in [9.17, 15) is 18.0 Å². The van der Waals surface area contributed by atoms with Gasteiger partial charge in [0.15, 0.2) is 0 Å². The van der Waals surface area contributed by atoms with Crippen LogP contribution in [0.2, 0.25) is 0 Å². The lowest BCUT2D eigenvalue weighted by molar-refractivity contribution is -0.138. The van der Waals surface area contributed by atoms with Crippen LogP contribution in [0.1, 0.15) is 17.5 Å². The lowest BCUT2D eigenvalue weighted by Gasteiger charge is -2.09. The molecular weight excluding hydrogens is 297 g/mol. The minimum Gasteiger partial charge on any atom is -0.481 e. The fourth-order valence-electron chi connectivity index (χ4n) is 1.82. The van der Waals surface area contributed by atoms with E-state index in [1.807, 2.05) is 0 Å². The van der Waals surface area contributed by atoms with Gasteiger partial charge in [-0.2, -0.15) is 13.2 Å². The van der Waals surface area contributed by atoms with E-state index in [0.717, 1.165) is 17.7 Å². The van der Waals surface area contributed by atoms with Gasteiger partial charge in [-0.05, 0) is 48.4 Å². The minimum absolute atomic E-state index is 0.0408. The Labute approximate surface area is 125 Å². The highest BCUT2D eigenvalue weighted by molar-refractivity contribution is 5.67. The summed E-state index contributed by atoms with van der Waals surface area (Å²) in [6, 6.07) is 11.2. The Bertz CT molecular complexity index is 631. The Balaban J connectivity index is 2.00. The third-order valence-electron chi connectivity index (χ3n) is 2.97. The molecule has 0 unspecified atom stereocenters. The van der Waals surface area contributed by atoms with Crippen LogP contribution in [0.5, 0.6) is 11.5 Å². The van der Waals surface area contributed by atoms with Crippen LogP contribution in [0.3, 0.4) is 0 Å². The fourth-order valence-corrected chi connectivity index (χ4v) is 1.82. The zero-order chi connectivity index (χ0) is 16.2. The van der Waals surface area contributed by atoms with Gasteiger partial charge in [0.2, 0.25) is 0 Å². The molecule has 0 aliphatic carbocycles. The molecule has 0 atom stereocenters. The number of carboxylic acid groups (broad SMARTS) is 1. The first-order valence-corrected chi connectivity index (χ1v) is 6.50. The zero-order valence-electron chi connectivity index (χ0n) is 11.4. The number of hydrogen-bond acceptors (Lipinski definition) is 2. The molecule has 0 amide bonds. The molecule has 116 valence electrons. The normalized spacial score (nSPS) is 11.2. The van der Waals surface area contributed by atoms with Crippen LogP contribution >= 0.6 is 0 Å². The molecule has 0 aromatic heterocycles. The molecule has 0 spiro atoms. The highest BCUT2D eigenvalue weighted by Gasteiger charge is 2.30. The number of carboxylic acids is 1. The number of carbonyl (C=O) groups is 1. The minimum atomic E-state index is -4.37. The van der Waals surface area contributed by atoms with Gasteiger partial charge in [-0.1, -0.05) is 12.1 Å². The summed E-state index contributed by atoms with van der Waals surface area (Å²) in [5.74, 6) is -0.102. The lowest BCUT2D eigenvalue weighted by Crippen LogP contribution is -2.03. The molecule has 0 saturated carbocycles. The molecule has 1 N–H and O–H groups in total. The molecule has 0 radical (unpaired) electrons. The van der Waals surface area contributed by atoms with E-state index < -0.39 is 17.7 Å². The van der Waals surface area contributed by atoms with Crippen molar-refractivity contribution in [2.24, 2.45) is 0 Å². The number of alkyl halides is 3. The molecule has 6 heteroatoms. The van der Waals surface area contributed by atoms with Crippen LogP contribution in [-0.4, -0.2) is 11.1 Å². The average Bonchev–Trinajstić information content (AvgIpc) is 2.46. The van der Waals surface area contributed by atoms with Crippen molar-refractivity contribution >= 4 is 5.97 Å². The molecule has 0 saturated heterocycles. The maximum Gasteiger partial charge on any atom is 0.416 e. The first-order chi connectivity index (χ1) is 10.3. The number of hydrogen-bond donors (Lipinski definition) is 1. The fraction of sp³-hybridized carbons (Fsp3) is 0.188. The van der Waals surface area contributed by atoms with Crippen LogP contribution in [0.15, 0.2) is 48.5 Å². The van der Waals surface area contributed by atoms with E-state index in [0.29, 0.717) is 17.9 Å². The Morgan fingerprint density at radius 1 is 0.955 bits per heavy atom. The first kappa shape index (κ1) is 15.9. The maximum absolute atomic E-state index is 12.4. The largest absolute Gasteiger partial charge is 0.481 e. The second-order valence-electron chi connectivity index (χ2n) is 4.66. The van der Waals surface area contributed by atoms with Gasteiger partial charge in [0.05, 0.1) is 5.56 Å². The number of halogens is 3. The van der Waals surface area contributed by atoms with Crippen molar-refractivity contribution in [3.63, 3.8) is 0 Å². The van der Waals surface area contributed by atoms with E-state index in [-0.39, 0.29) is 6.42 Å². The van der Waals surface area contributed by atoms with E-state index in [1.54, 1.807) is 24.3 Å². The van der Waals surface area contributed by atoms with E-state index >= 15 is 0 Å². The summed E-state index contributed by atoms with van der Waals surface area (Å²) in [5, 5.41) is 8.60. The highest BCUT2D eigenvalue weighted by Crippen LogP contribution is 2.31. The predicted octanol–water partition coefficient (Wildman–Crippen LogP) is 4.51. The van der Waals surface area contributed by atoms with Crippen LogP contribution in [-0.2, 0) is 17.4 Å². The average molecular weight is 310 g/mol. The summed E-state index contributed by atoms with van der Waals surface area (Å²) in [5.41, 5.74) is 0.117. The predicted molar refractivity (Wildman–Crippen MR) is 73.9 cm³/mol. The molecule has 2 rings (SSSR count). The molecular formula is C16H13F3O3. The summed E-state index contributed by atoms with van der Waals surface area (Å²) in [6.45, 7) is 0. The molecule has 22 heavy (non-hydrogen) atoms. The molecule has 2 aromatic carbocycles. The molecule has 0 bridgehead atoms. The Kier molecular flexibility index (Phi) is 4.70. The van der Waals surface area contributed by atoms with Crippen LogP contribution in [0, 0.1) is 0 Å². The van der Waals surface area contributed by atoms with Crippen LogP contribution in [0.25, 0.3) is 0 Å². The molecule has 3 nitrogen and oxygen atoms in total. The van der Waals surface area contributed by atoms with Crippen molar-refractivity contribution in [2.45, 2.75) is 19.0 Å². The van der Waals surface area contributed by atoms with Crippen LogP contribution in [0.4, 0.5) is 13.2 Å². The van der Waals surface area contributed by atoms with E-state index in [1.165, 1.54) is 12.1 Å². The van der Waals surface area contributed by atoms with Gasteiger partial charge in [0.1, 0.15) is 11.5 Å². The third-order valence-corrected chi connectivity index (χ3v) is 2.97. The standard InChI is InChI=1S/C16H13F3O3/c17-16(18,19)12-4-8-14(9-5-12)22-13-6-1-11(2-7-13)3-10-15(20)21/h1-2,4-9H,3,10H2,(H,20,21). The van der Waals surface area contributed by atoms with Gasteiger partial charge in [0.25, 0.3) is 0 Å². The number of aliphatic carboxylic acids is 1. The summed E-state index contributed by atoms with van der Waals surface area (Å²) in [6.07, 6.45) is -3.92. The summed E-state index contributed by atoms with van der Waals surface area (Å²) < 4.78 is 42.8.